The van der Waals surface area contributed by atoms with Crippen molar-refractivity contribution in [2.24, 2.45) is 0 Å². The molecule has 1 fully saturated rings. The van der Waals surface area contributed by atoms with Gasteiger partial charge in [0.05, 0.1) is 0 Å². The number of piperidine rings is 1. The molecule has 1 aliphatic rings. The van der Waals surface area contributed by atoms with E-state index >= 15 is 0 Å². The summed E-state index contributed by atoms with van der Waals surface area (Å²) in [6.07, 6.45) is 15.8. The van der Waals surface area contributed by atoms with Crippen LogP contribution in [0.15, 0.2) is 0 Å². The Morgan fingerprint density at radius 2 is 1.59 bits per heavy atom. The lowest BCUT2D eigenvalue weighted by atomic mass is 9.99. The van der Waals surface area contributed by atoms with E-state index in [2.05, 4.69) is 18.7 Å². The molecule has 0 radical (unpaired) electrons. The van der Waals surface area contributed by atoms with E-state index in [9.17, 15) is 0 Å². The minimum atomic E-state index is 0.906. The number of nitrogens with zero attached hydrogens (tertiary/aromatic N) is 1. The summed E-state index contributed by atoms with van der Waals surface area (Å²) < 4.78 is 0. The first-order chi connectivity index (χ1) is 8.38. The van der Waals surface area contributed by atoms with Crippen molar-refractivity contribution < 1.29 is 0 Å². The van der Waals surface area contributed by atoms with Crippen molar-refractivity contribution in [2.45, 2.75) is 90.5 Å². The van der Waals surface area contributed by atoms with Gasteiger partial charge in [-0.1, -0.05) is 58.8 Å². The summed E-state index contributed by atoms with van der Waals surface area (Å²) in [7, 11) is 0. The molecule has 17 heavy (non-hydrogen) atoms. The third kappa shape index (κ3) is 6.45. The third-order valence-electron chi connectivity index (χ3n) is 4.27. The monoisotopic (exact) mass is 239 g/mol. The van der Waals surface area contributed by atoms with Gasteiger partial charge >= 0.3 is 0 Å². The maximum absolute atomic E-state index is 2.76. The third-order valence-corrected chi connectivity index (χ3v) is 4.27. The van der Waals surface area contributed by atoms with Crippen LogP contribution in [0.1, 0.15) is 84.5 Å². The molecule has 0 aromatic carbocycles. The molecule has 1 saturated heterocycles. The molecule has 0 aromatic heterocycles. The van der Waals surface area contributed by atoms with Gasteiger partial charge in [0.1, 0.15) is 0 Å². The number of likely N-dealkylation sites (tertiary alicyclic amines) is 1. The standard InChI is InChI=1S/C16H33N/c1-3-5-6-7-8-9-11-14-17-15-12-10-13-16(17)4-2/h16H,3-15H2,1-2H3. The summed E-state index contributed by atoms with van der Waals surface area (Å²) in [6, 6.07) is 0.906. The highest BCUT2D eigenvalue weighted by molar-refractivity contribution is 4.75. The Morgan fingerprint density at radius 1 is 0.882 bits per heavy atom. The lowest BCUT2D eigenvalue weighted by Crippen LogP contribution is -2.39. The van der Waals surface area contributed by atoms with Crippen molar-refractivity contribution in [3.8, 4) is 0 Å². The smallest absolute Gasteiger partial charge is 0.00926 e. The fourth-order valence-corrected chi connectivity index (χ4v) is 3.09. The Bertz CT molecular complexity index is 167. The maximum Gasteiger partial charge on any atom is 0.00926 e. The molecule has 102 valence electrons. The van der Waals surface area contributed by atoms with E-state index in [0.717, 1.165) is 6.04 Å². The second-order valence-electron chi connectivity index (χ2n) is 5.72. The zero-order valence-electron chi connectivity index (χ0n) is 12.2. The summed E-state index contributed by atoms with van der Waals surface area (Å²) in [5.41, 5.74) is 0. The quantitative estimate of drug-likeness (QED) is 0.512. The van der Waals surface area contributed by atoms with Gasteiger partial charge in [-0.15, -0.1) is 0 Å². The van der Waals surface area contributed by atoms with Crippen molar-refractivity contribution in [3.05, 3.63) is 0 Å². The Hall–Kier alpha value is -0.0400. The van der Waals surface area contributed by atoms with E-state index in [4.69, 9.17) is 0 Å². The Balaban J connectivity index is 1.97. The van der Waals surface area contributed by atoms with Crippen LogP contribution in [-0.2, 0) is 0 Å². The van der Waals surface area contributed by atoms with Crippen LogP contribution in [-0.4, -0.2) is 24.0 Å². The zero-order chi connectivity index (χ0) is 12.3. The molecular formula is C16H33N. The van der Waals surface area contributed by atoms with Gasteiger partial charge in [-0.25, -0.2) is 0 Å². The van der Waals surface area contributed by atoms with E-state index < -0.39 is 0 Å². The highest BCUT2D eigenvalue weighted by Crippen LogP contribution is 2.20. The molecule has 0 bridgehead atoms. The Morgan fingerprint density at radius 3 is 2.29 bits per heavy atom. The minimum absolute atomic E-state index is 0.906. The van der Waals surface area contributed by atoms with Crippen LogP contribution in [0.25, 0.3) is 0 Å². The number of rotatable bonds is 9. The molecule has 0 spiro atoms. The molecule has 1 heteroatoms. The van der Waals surface area contributed by atoms with Crippen LogP contribution in [0, 0.1) is 0 Å². The molecule has 1 nitrogen and oxygen atoms in total. The molecule has 1 heterocycles. The van der Waals surface area contributed by atoms with Gasteiger partial charge in [0.25, 0.3) is 0 Å². The first-order valence-corrected chi connectivity index (χ1v) is 8.12. The molecule has 0 N–H and O–H groups in total. The first-order valence-electron chi connectivity index (χ1n) is 8.12. The van der Waals surface area contributed by atoms with Crippen molar-refractivity contribution in [1.29, 1.82) is 0 Å². The predicted octanol–water partition coefficient (Wildman–Crippen LogP) is 5.00. The summed E-state index contributed by atoms with van der Waals surface area (Å²) in [6.45, 7) is 7.38. The largest absolute Gasteiger partial charge is 0.300 e. The Labute approximate surface area is 109 Å². The highest BCUT2D eigenvalue weighted by Gasteiger charge is 2.19. The maximum atomic E-state index is 2.76. The molecule has 0 saturated carbocycles. The van der Waals surface area contributed by atoms with Gasteiger partial charge in [0.2, 0.25) is 0 Å². The van der Waals surface area contributed by atoms with E-state index in [0.29, 0.717) is 0 Å². The van der Waals surface area contributed by atoms with Crippen molar-refractivity contribution >= 4 is 0 Å². The zero-order valence-corrected chi connectivity index (χ0v) is 12.2. The SMILES string of the molecule is CCCCCCCCCN1CCCCC1CC. The van der Waals surface area contributed by atoms with Gasteiger partial charge in [0, 0.05) is 6.04 Å². The van der Waals surface area contributed by atoms with Crippen LogP contribution in [0.4, 0.5) is 0 Å². The topological polar surface area (TPSA) is 3.24 Å². The second-order valence-corrected chi connectivity index (χ2v) is 5.72. The van der Waals surface area contributed by atoms with Gasteiger partial charge in [-0.2, -0.15) is 0 Å². The summed E-state index contributed by atoms with van der Waals surface area (Å²) in [5, 5.41) is 0. The van der Waals surface area contributed by atoms with Crippen molar-refractivity contribution in [3.63, 3.8) is 0 Å². The lowest BCUT2D eigenvalue weighted by molar-refractivity contribution is 0.141. The average Bonchev–Trinajstić information content (AvgIpc) is 2.38. The van der Waals surface area contributed by atoms with Crippen molar-refractivity contribution in [2.75, 3.05) is 13.1 Å². The van der Waals surface area contributed by atoms with Crippen LogP contribution < -0.4 is 0 Å². The Kier molecular flexibility index (Phi) is 8.78. The van der Waals surface area contributed by atoms with E-state index in [1.165, 1.54) is 83.7 Å². The molecule has 1 rings (SSSR count). The predicted molar refractivity (Wildman–Crippen MR) is 77.5 cm³/mol. The fraction of sp³-hybridized carbons (Fsp3) is 1.00. The number of hydrogen-bond acceptors (Lipinski definition) is 1. The van der Waals surface area contributed by atoms with Crippen LogP contribution in [0.5, 0.6) is 0 Å². The van der Waals surface area contributed by atoms with Gasteiger partial charge in [-0.05, 0) is 38.8 Å². The average molecular weight is 239 g/mol. The second kappa shape index (κ2) is 9.94. The molecule has 0 amide bonds. The number of hydrogen-bond donors (Lipinski definition) is 0. The van der Waals surface area contributed by atoms with Gasteiger partial charge in [-0.3, -0.25) is 0 Å². The summed E-state index contributed by atoms with van der Waals surface area (Å²) in [4.78, 5) is 2.76. The molecule has 1 atom stereocenters. The molecule has 1 aliphatic heterocycles. The van der Waals surface area contributed by atoms with Gasteiger partial charge in [0.15, 0.2) is 0 Å². The van der Waals surface area contributed by atoms with Crippen LogP contribution in [0.3, 0.4) is 0 Å². The molecular weight excluding hydrogens is 206 g/mol. The number of unbranched alkanes of at least 4 members (excludes halogenated alkanes) is 6. The normalized spacial score (nSPS) is 21.9. The summed E-state index contributed by atoms with van der Waals surface area (Å²) >= 11 is 0. The minimum Gasteiger partial charge on any atom is -0.300 e. The first kappa shape index (κ1) is 15.0. The highest BCUT2D eigenvalue weighted by atomic mass is 15.2. The van der Waals surface area contributed by atoms with Crippen molar-refractivity contribution in [1.82, 2.24) is 4.90 Å². The van der Waals surface area contributed by atoms with Gasteiger partial charge < -0.3 is 4.90 Å². The lowest BCUT2D eigenvalue weighted by Gasteiger charge is -2.35. The van der Waals surface area contributed by atoms with E-state index in [1.807, 2.05) is 0 Å². The molecule has 0 aliphatic carbocycles. The fourth-order valence-electron chi connectivity index (χ4n) is 3.09. The van der Waals surface area contributed by atoms with Crippen LogP contribution >= 0.6 is 0 Å². The molecule has 0 aromatic rings. The van der Waals surface area contributed by atoms with Crippen LogP contribution in [0.2, 0.25) is 0 Å². The van der Waals surface area contributed by atoms with E-state index in [1.54, 1.807) is 0 Å². The van der Waals surface area contributed by atoms with E-state index in [-0.39, 0.29) is 0 Å². The molecule has 1 unspecified atom stereocenters. The summed E-state index contributed by atoms with van der Waals surface area (Å²) in [5.74, 6) is 0.